The zero-order valence-corrected chi connectivity index (χ0v) is 17.6. The quantitative estimate of drug-likeness (QED) is 0.527. The van der Waals surface area contributed by atoms with E-state index in [1.165, 1.54) is 17.0 Å². The second-order valence-electron chi connectivity index (χ2n) is 6.97. The van der Waals surface area contributed by atoms with Gasteiger partial charge >= 0.3 is 6.03 Å². The highest BCUT2D eigenvalue weighted by Gasteiger charge is 2.23. The van der Waals surface area contributed by atoms with Crippen molar-refractivity contribution in [3.05, 3.63) is 58.0 Å². The van der Waals surface area contributed by atoms with Crippen LogP contribution in [-0.4, -0.2) is 62.8 Å². The van der Waals surface area contributed by atoms with Gasteiger partial charge in [-0.15, -0.1) is 11.3 Å². The molecule has 2 aromatic rings. The van der Waals surface area contributed by atoms with Crippen molar-refractivity contribution in [2.45, 2.75) is 12.5 Å². The number of ether oxygens (including phenoxy) is 1. The average molecular weight is 435 g/mol. The Morgan fingerprint density at radius 3 is 2.63 bits per heavy atom. The number of hydrogen-bond donors (Lipinski definition) is 3. The molecule has 0 spiro atoms. The van der Waals surface area contributed by atoms with Gasteiger partial charge in [0.05, 0.1) is 25.7 Å². The molecular weight excluding hydrogens is 407 g/mol. The van der Waals surface area contributed by atoms with Gasteiger partial charge in [0.1, 0.15) is 5.82 Å². The van der Waals surface area contributed by atoms with E-state index >= 15 is 0 Å². The van der Waals surface area contributed by atoms with E-state index in [-0.39, 0.29) is 30.2 Å². The molecule has 1 atom stereocenters. The summed E-state index contributed by atoms with van der Waals surface area (Å²) in [5.74, 6) is -0.579. The second kappa shape index (κ2) is 11.6. The highest BCUT2D eigenvalue weighted by Crippen LogP contribution is 2.25. The third-order valence-corrected chi connectivity index (χ3v) is 5.77. The van der Waals surface area contributed by atoms with Crippen LogP contribution in [0.25, 0.3) is 0 Å². The van der Waals surface area contributed by atoms with E-state index in [2.05, 4.69) is 26.9 Å². The molecule has 0 radical (unpaired) electrons. The lowest BCUT2D eigenvalue weighted by Gasteiger charge is -2.34. The van der Waals surface area contributed by atoms with Crippen molar-refractivity contribution in [2.75, 3.05) is 45.9 Å². The highest BCUT2D eigenvalue weighted by atomic mass is 32.1. The summed E-state index contributed by atoms with van der Waals surface area (Å²) < 4.78 is 18.6. The molecule has 2 heterocycles. The number of urea groups is 1. The molecule has 1 aliphatic rings. The zero-order valence-electron chi connectivity index (χ0n) is 16.7. The molecule has 0 aliphatic carbocycles. The number of amides is 3. The monoisotopic (exact) mass is 434 g/mol. The smallest absolute Gasteiger partial charge is 0.314 e. The Hall–Kier alpha value is -2.49. The molecule has 7 nitrogen and oxygen atoms in total. The summed E-state index contributed by atoms with van der Waals surface area (Å²) >= 11 is 1.68. The first kappa shape index (κ1) is 22.2. The molecule has 9 heteroatoms. The molecule has 30 heavy (non-hydrogen) atoms. The maximum atomic E-state index is 13.2. The summed E-state index contributed by atoms with van der Waals surface area (Å²) in [6.07, 6.45) is 0.103. The van der Waals surface area contributed by atoms with Gasteiger partial charge in [-0.2, -0.15) is 0 Å². The lowest BCUT2D eigenvalue weighted by atomic mass is 10.1. The van der Waals surface area contributed by atoms with Crippen LogP contribution in [0.1, 0.15) is 16.5 Å². The summed E-state index contributed by atoms with van der Waals surface area (Å²) in [7, 11) is 0. The second-order valence-corrected chi connectivity index (χ2v) is 7.95. The van der Waals surface area contributed by atoms with E-state index in [0.717, 1.165) is 13.1 Å². The van der Waals surface area contributed by atoms with Crippen LogP contribution in [-0.2, 0) is 16.0 Å². The van der Waals surface area contributed by atoms with Crippen molar-refractivity contribution in [1.82, 2.24) is 20.9 Å². The Balaban J connectivity index is 1.36. The lowest BCUT2D eigenvalue weighted by Crippen LogP contribution is -2.46. The van der Waals surface area contributed by atoms with Gasteiger partial charge in [0.2, 0.25) is 5.91 Å². The van der Waals surface area contributed by atoms with Crippen molar-refractivity contribution in [1.29, 1.82) is 0 Å². The van der Waals surface area contributed by atoms with Crippen LogP contribution >= 0.6 is 11.3 Å². The van der Waals surface area contributed by atoms with Crippen molar-refractivity contribution in [3.63, 3.8) is 0 Å². The molecule has 1 unspecified atom stereocenters. The van der Waals surface area contributed by atoms with Gasteiger partial charge in [-0.1, -0.05) is 18.2 Å². The molecule has 3 N–H and O–H groups in total. The number of rotatable bonds is 9. The van der Waals surface area contributed by atoms with E-state index in [9.17, 15) is 14.0 Å². The minimum absolute atomic E-state index is 0.103. The fraction of sp³-hybridized carbons (Fsp3) is 0.429. The summed E-state index contributed by atoms with van der Waals surface area (Å²) in [6, 6.07) is 9.89. The normalized spacial score (nSPS) is 15.4. The van der Waals surface area contributed by atoms with Gasteiger partial charge in [0, 0.05) is 37.6 Å². The summed E-state index contributed by atoms with van der Waals surface area (Å²) in [6.45, 7) is 4.18. The molecule has 1 fully saturated rings. The van der Waals surface area contributed by atoms with Crippen molar-refractivity contribution < 1.29 is 18.7 Å². The average Bonchev–Trinajstić information content (AvgIpc) is 3.27. The predicted octanol–water partition coefficient (Wildman–Crippen LogP) is 1.92. The van der Waals surface area contributed by atoms with E-state index in [1.54, 1.807) is 23.5 Å². The van der Waals surface area contributed by atoms with E-state index in [4.69, 9.17) is 4.74 Å². The molecule has 0 saturated carbocycles. The number of nitrogens with one attached hydrogen (secondary N) is 3. The molecule has 162 valence electrons. The minimum Gasteiger partial charge on any atom is -0.379 e. The number of hydrogen-bond acceptors (Lipinski definition) is 5. The first-order valence-corrected chi connectivity index (χ1v) is 10.9. The summed E-state index contributed by atoms with van der Waals surface area (Å²) in [5.41, 5.74) is 0.612. The number of thiophene rings is 1. The van der Waals surface area contributed by atoms with E-state index in [0.29, 0.717) is 38.4 Å². The standard InChI is InChI=1S/C21H27FN4O3S/c22-17-4-1-3-16(13-17)14-20(27)23-6-7-24-21(28)25-15-18(19-5-2-12-30-19)26-8-10-29-11-9-26/h1-5,12-13,18H,6-11,14-15H2,(H,23,27)(H2,24,25,28). The van der Waals surface area contributed by atoms with Gasteiger partial charge in [-0.3, -0.25) is 9.69 Å². The van der Waals surface area contributed by atoms with Crippen LogP contribution in [0.3, 0.4) is 0 Å². The van der Waals surface area contributed by atoms with Gasteiger partial charge in [-0.25, -0.2) is 9.18 Å². The van der Waals surface area contributed by atoms with Crippen molar-refractivity contribution in [3.8, 4) is 0 Å². The fourth-order valence-electron chi connectivity index (χ4n) is 3.30. The van der Waals surface area contributed by atoms with Crippen LogP contribution in [0.5, 0.6) is 0 Å². The van der Waals surface area contributed by atoms with Crippen LogP contribution < -0.4 is 16.0 Å². The minimum atomic E-state index is -0.364. The topological polar surface area (TPSA) is 82.7 Å². The van der Waals surface area contributed by atoms with Crippen LogP contribution in [0, 0.1) is 5.82 Å². The molecular formula is C21H27FN4O3S. The number of halogens is 1. The Morgan fingerprint density at radius 1 is 1.10 bits per heavy atom. The van der Waals surface area contributed by atoms with Crippen LogP contribution in [0.2, 0.25) is 0 Å². The molecule has 1 aromatic heterocycles. The van der Waals surface area contributed by atoms with Crippen molar-refractivity contribution >= 4 is 23.3 Å². The molecule has 1 aromatic carbocycles. The molecule has 3 amide bonds. The first-order valence-electron chi connectivity index (χ1n) is 10.00. The lowest BCUT2D eigenvalue weighted by molar-refractivity contribution is -0.120. The molecule has 3 rings (SSSR count). The van der Waals surface area contributed by atoms with Gasteiger partial charge in [-0.05, 0) is 29.1 Å². The van der Waals surface area contributed by atoms with E-state index < -0.39 is 0 Å². The number of morpholine rings is 1. The molecule has 1 saturated heterocycles. The van der Waals surface area contributed by atoms with Crippen LogP contribution in [0.4, 0.5) is 9.18 Å². The van der Waals surface area contributed by atoms with Gasteiger partial charge in [0.15, 0.2) is 0 Å². The summed E-state index contributed by atoms with van der Waals surface area (Å²) in [5, 5.41) is 10.4. The SMILES string of the molecule is O=C(Cc1cccc(F)c1)NCCNC(=O)NCC(c1cccs1)N1CCOCC1. The predicted molar refractivity (Wildman–Crippen MR) is 114 cm³/mol. The Labute approximate surface area is 179 Å². The molecule has 0 bridgehead atoms. The fourth-order valence-corrected chi connectivity index (χ4v) is 4.17. The van der Waals surface area contributed by atoms with Crippen molar-refractivity contribution in [2.24, 2.45) is 0 Å². The summed E-state index contributed by atoms with van der Waals surface area (Å²) in [4.78, 5) is 27.6. The number of carbonyl (C=O) groups is 2. The Bertz CT molecular complexity index is 812. The Kier molecular flexibility index (Phi) is 8.61. The van der Waals surface area contributed by atoms with E-state index in [1.807, 2.05) is 11.4 Å². The number of nitrogens with zero attached hydrogens (tertiary/aromatic N) is 1. The molecule has 1 aliphatic heterocycles. The zero-order chi connectivity index (χ0) is 21.2. The van der Waals surface area contributed by atoms with Gasteiger partial charge in [0.25, 0.3) is 0 Å². The number of carbonyl (C=O) groups excluding carboxylic acids is 2. The first-order chi connectivity index (χ1) is 14.6. The van der Waals surface area contributed by atoms with Crippen LogP contribution in [0.15, 0.2) is 41.8 Å². The third kappa shape index (κ3) is 7.08. The van der Waals surface area contributed by atoms with Gasteiger partial charge < -0.3 is 20.7 Å². The maximum absolute atomic E-state index is 13.2. The third-order valence-electron chi connectivity index (χ3n) is 4.80. The largest absolute Gasteiger partial charge is 0.379 e. The maximum Gasteiger partial charge on any atom is 0.314 e. The highest BCUT2D eigenvalue weighted by molar-refractivity contribution is 7.10. The number of benzene rings is 1. The Morgan fingerprint density at radius 2 is 1.90 bits per heavy atom.